The molecule has 0 saturated carbocycles. The van der Waals surface area contributed by atoms with Crippen LogP contribution in [0.3, 0.4) is 0 Å². The van der Waals surface area contributed by atoms with Gasteiger partial charge in [0.15, 0.2) is 0 Å². The smallest absolute Gasteiger partial charge is 0.240 e. The molecule has 0 radical (unpaired) electrons. The molecule has 19 heavy (non-hydrogen) atoms. The first-order valence-electron chi connectivity index (χ1n) is 7.23. The fourth-order valence-electron chi connectivity index (χ4n) is 2.94. The lowest BCUT2D eigenvalue weighted by molar-refractivity contribution is -0.123. The summed E-state index contributed by atoms with van der Waals surface area (Å²) < 4.78 is 7.31. The van der Waals surface area contributed by atoms with E-state index in [2.05, 4.69) is 10.3 Å². The van der Waals surface area contributed by atoms with Gasteiger partial charge in [-0.25, -0.2) is 4.98 Å². The van der Waals surface area contributed by atoms with Crippen molar-refractivity contribution in [3.05, 3.63) is 17.7 Å². The van der Waals surface area contributed by atoms with Gasteiger partial charge in [-0.15, -0.1) is 0 Å². The van der Waals surface area contributed by atoms with Crippen LogP contribution in [0.4, 0.5) is 0 Å². The van der Waals surface area contributed by atoms with Crippen molar-refractivity contribution in [1.29, 1.82) is 0 Å². The Balaban J connectivity index is 1.58. The molecule has 0 unspecified atom stereocenters. The van der Waals surface area contributed by atoms with Gasteiger partial charge in [-0.2, -0.15) is 0 Å². The number of nitrogens with one attached hydrogen (secondary N) is 1. The topological polar surface area (TPSA) is 56.2 Å². The van der Waals surface area contributed by atoms with Crippen LogP contribution in [0.2, 0.25) is 0 Å². The van der Waals surface area contributed by atoms with E-state index < -0.39 is 0 Å². The number of hydrogen-bond donors (Lipinski definition) is 1. The fourth-order valence-corrected chi connectivity index (χ4v) is 2.94. The molecule has 104 valence electrons. The van der Waals surface area contributed by atoms with Crippen LogP contribution < -0.4 is 5.32 Å². The number of imidazole rings is 1. The second-order valence-electron chi connectivity index (χ2n) is 5.43. The van der Waals surface area contributed by atoms with E-state index in [1.54, 1.807) is 0 Å². The Labute approximate surface area is 113 Å². The van der Waals surface area contributed by atoms with Gasteiger partial charge >= 0.3 is 0 Å². The van der Waals surface area contributed by atoms with Crippen LogP contribution in [-0.4, -0.2) is 34.7 Å². The molecule has 0 atom stereocenters. The Kier molecular flexibility index (Phi) is 3.82. The summed E-state index contributed by atoms with van der Waals surface area (Å²) in [4.78, 5) is 16.5. The second kappa shape index (κ2) is 5.74. The normalized spacial score (nSPS) is 20.0. The molecule has 2 heterocycles. The molecule has 5 heteroatoms. The number of carbonyl (C=O) groups excluding carboxylic acids is 1. The number of amides is 1. The number of aryl methyl sites for hydroxylation is 1. The number of fused-ring (bicyclic) bond motifs is 1. The Hall–Kier alpha value is -1.36. The SMILES string of the molecule is O=C(Cn1cnc2c1CCCC2)NC1CCOCC1. The molecule has 1 aliphatic heterocycles. The van der Waals surface area contributed by atoms with Crippen LogP contribution in [0, 0.1) is 0 Å². The van der Waals surface area contributed by atoms with Gasteiger partial charge in [-0.05, 0) is 38.5 Å². The molecule has 5 nitrogen and oxygen atoms in total. The van der Waals surface area contributed by atoms with Gasteiger partial charge in [0, 0.05) is 24.9 Å². The van der Waals surface area contributed by atoms with Crippen molar-refractivity contribution in [1.82, 2.24) is 14.9 Å². The molecule has 0 bridgehead atoms. The second-order valence-corrected chi connectivity index (χ2v) is 5.43. The maximum absolute atomic E-state index is 12.1. The van der Waals surface area contributed by atoms with E-state index in [-0.39, 0.29) is 11.9 Å². The minimum absolute atomic E-state index is 0.0951. The van der Waals surface area contributed by atoms with Crippen molar-refractivity contribution in [2.24, 2.45) is 0 Å². The number of nitrogens with zero attached hydrogens (tertiary/aromatic N) is 2. The first kappa shape index (κ1) is 12.7. The lowest BCUT2D eigenvalue weighted by Gasteiger charge is -2.23. The van der Waals surface area contributed by atoms with Gasteiger partial charge in [0.2, 0.25) is 5.91 Å². The molecule has 0 aromatic carbocycles. The average molecular weight is 263 g/mol. The minimum atomic E-state index is 0.0951. The van der Waals surface area contributed by atoms with Crippen LogP contribution in [0.1, 0.15) is 37.1 Å². The largest absolute Gasteiger partial charge is 0.381 e. The zero-order valence-electron chi connectivity index (χ0n) is 11.2. The highest BCUT2D eigenvalue weighted by atomic mass is 16.5. The van der Waals surface area contributed by atoms with Crippen LogP contribution in [0.5, 0.6) is 0 Å². The van der Waals surface area contributed by atoms with E-state index >= 15 is 0 Å². The maximum atomic E-state index is 12.1. The van der Waals surface area contributed by atoms with E-state index in [9.17, 15) is 4.79 Å². The number of hydrogen-bond acceptors (Lipinski definition) is 3. The molecular formula is C14H21N3O2. The summed E-state index contributed by atoms with van der Waals surface area (Å²) in [5.41, 5.74) is 2.44. The summed E-state index contributed by atoms with van der Waals surface area (Å²) in [5, 5.41) is 3.10. The van der Waals surface area contributed by atoms with E-state index in [0.29, 0.717) is 6.54 Å². The van der Waals surface area contributed by atoms with Gasteiger partial charge in [0.25, 0.3) is 0 Å². The third-order valence-corrected chi connectivity index (χ3v) is 4.01. The predicted molar refractivity (Wildman–Crippen MR) is 70.9 cm³/mol. The quantitative estimate of drug-likeness (QED) is 0.887. The van der Waals surface area contributed by atoms with Crippen molar-refractivity contribution in [3.63, 3.8) is 0 Å². The molecule has 1 amide bonds. The molecule has 1 aliphatic carbocycles. The van der Waals surface area contributed by atoms with Crippen molar-refractivity contribution in [3.8, 4) is 0 Å². The van der Waals surface area contributed by atoms with Gasteiger partial charge in [0.05, 0.1) is 12.0 Å². The first-order valence-corrected chi connectivity index (χ1v) is 7.23. The van der Waals surface area contributed by atoms with E-state index in [1.807, 2.05) is 10.9 Å². The van der Waals surface area contributed by atoms with Crippen LogP contribution >= 0.6 is 0 Å². The van der Waals surface area contributed by atoms with E-state index in [1.165, 1.54) is 24.2 Å². The lowest BCUT2D eigenvalue weighted by Crippen LogP contribution is -2.40. The summed E-state index contributed by atoms with van der Waals surface area (Å²) in [6, 6.07) is 0.278. The lowest BCUT2D eigenvalue weighted by atomic mass is 10.0. The number of carbonyl (C=O) groups is 1. The number of rotatable bonds is 3. The minimum Gasteiger partial charge on any atom is -0.381 e. The highest BCUT2D eigenvalue weighted by Crippen LogP contribution is 2.19. The third kappa shape index (κ3) is 2.97. The molecule has 1 saturated heterocycles. The molecule has 0 spiro atoms. The summed E-state index contributed by atoms with van der Waals surface area (Å²) in [7, 11) is 0. The number of ether oxygens (including phenoxy) is 1. The molecular weight excluding hydrogens is 242 g/mol. The zero-order chi connectivity index (χ0) is 13.1. The van der Waals surface area contributed by atoms with Gasteiger partial charge < -0.3 is 14.6 Å². The van der Waals surface area contributed by atoms with Crippen molar-refractivity contribution >= 4 is 5.91 Å². The predicted octanol–water partition coefficient (Wildman–Crippen LogP) is 1.06. The van der Waals surface area contributed by atoms with Gasteiger partial charge in [-0.3, -0.25) is 4.79 Å². The molecule has 1 aromatic rings. The average Bonchev–Trinajstić information content (AvgIpc) is 2.83. The van der Waals surface area contributed by atoms with Crippen molar-refractivity contribution < 1.29 is 9.53 Å². The molecule has 1 N–H and O–H groups in total. The Morgan fingerprint density at radius 2 is 2.16 bits per heavy atom. The summed E-state index contributed by atoms with van der Waals surface area (Å²) in [5.74, 6) is 0.0951. The molecule has 1 aromatic heterocycles. The third-order valence-electron chi connectivity index (χ3n) is 4.01. The summed E-state index contributed by atoms with van der Waals surface area (Å²) >= 11 is 0. The summed E-state index contributed by atoms with van der Waals surface area (Å²) in [6.45, 7) is 1.91. The Morgan fingerprint density at radius 3 is 3.00 bits per heavy atom. The highest BCUT2D eigenvalue weighted by Gasteiger charge is 2.19. The number of aromatic nitrogens is 2. The van der Waals surface area contributed by atoms with E-state index in [0.717, 1.165) is 38.9 Å². The monoisotopic (exact) mass is 263 g/mol. The summed E-state index contributed by atoms with van der Waals surface area (Å²) in [6.07, 6.45) is 8.21. The molecule has 3 rings (SSSR count). The zero-order valence-corrected chi connectivity index (χ0v) is 11.2. The first-order chi connectivity index (χ1) is 9.33. The van der Waals surface area contributed by atoms with Crippen LogP contribution in [-0.2, 0) is 28.9 Å². The standard InChI is InChI=1S/C14H21N3O2/c18-14(16-11-5-7-19-8-6-11)9-17-10-15-12-3-1-2-4-13(12)17/h10-11H,1-9H2,(H,16,18). The molecule has 2 aliphatic rings. The van der Waals surface area contributed by atoms with Crippen LogP contribution in [0.25, 0.3) is 0 Å². The Bertz CT molecular complexity index is 450. The van der Waals surface area contributed by atoms with Crippen molar-refractivity contribution in [2.75, 3.05) is 13.2 Å². The Morgan fingerprint density at radius 1 is 1.37 bits per heavy atom. The van der Waals surface area contributed by atoms with E-state index in [4.69, 9.17) is 4.74 Å². The maximum Gasteiger partial charge on any atom is 0.240 e. The van der Waals surface area contributed by atoms with Crippen molar-refractivity contribution in [2.45, 2.75) is 51.1 Å². The van der Waals surface area contributed by atoms with Gasteiger partial charge in [0.1, 0.15) is 6.54 Å². The fraction of sp³-hybridized carbons (Fsp3) is 0.714. The van der Waals surface area contributed by atoms with Crippen LogP contribution in [0.15, 0.2) is 6.33 Å². The molecule has 1 fully saturated rings. The highest BCUT2D eigenvalue weighted by molar-refractivity contribution is 5.76. The van der Waals surface area contributed by atoms with Gasteiger partial charge in [-0.1, -0.05) is 0 Å².